The molecular formula is C19H21N5O3. The van der Waals surface area contributed by atoms with Crippen molar-refractivity contribution in [3.8, 4) is 5.75 Å². The summed E-state index contributed by atoms with van der Waals surface area (Å²) in [5.41, 5.74) is 0.890. The lowest BCUT2D eigenvalue weighted by Crippen LogP contribution is -2.33. The maximum Gasteiger partial charge on any atom is 0.275 e. The van der Waals surface area contributed by atoms with Crippen molar-refractivity contribution in [3.63, 3.8) is 0 Å². The van der Waals surface area contributed by atoms with Crippen LogP contribution < -0.4 is 10.7 Å². The summed E-state index contributed by atoms with van der Waals surface area (Å²) >= 11 is 0. The standard InChI is InChI=1S/C19H21N5O3/c1-20-18(27)16-17(26)15(25)10-24(23-16)11-19(7-2-3-8-19)13-5-4-6-14-12(13)9-21-22-14/h4-6,9-10,25H,2-3,7-8,11H2,1H3,(H,20,27)(H,21,22). The van der Waals surface area contributed by atoms with Crippen molar-refractivity contribution in [1.82, 2.24) is 25.3 Å². The first-order chi connectivity index (χ1) is 13.0. The summed E-state index contributed by atoms with van der Waals surface area (Å²) in [6, 6.07) is 6.09. The Morgan fingerprint density at radius 2 is 2.15 bits per heavy atom. The molecule has 0 spiro atoms. The predicted molar refractivity (Wildman–Crippen MR) is 99.8 cm³/mol. The van der Waals surface area contributed by atoms with Gasteiger partial charge in [0.2, 0.25) is 0 Å². The summed E-state index contributed by atoms with van der Waals surface area (Å²) in [5, 5.41) is 24.9. The molecule has 1 aliphatic carbocycles. The van der Waals surface area contributed by atoms with Crippen molar-refractivity contribution < 1.29 is 9.90 Å². The van der Waals surface area contributed by atoms with Gasteiger partial charge in [0.15, 0.2) is 11.4 Å². The first-order valence-electron chi connectivity index (χ1n) is 8.99. The maximum atomic E-state index is 12.0. The monoisotopic (exact) mass is 367 g/mol. The Hall–Kier alpha value is -3.16. The van der Waals surface area contributed by atoms with Gasteiger partial charge in [-0.25, -0.2) is 0 Å². The van der Waals surface area contributed by atoms with Crippen LogP contribution in [0.15, 0.2) is 35.4 Å². The zero-order valence-corrected chi connectivity index (χ0v) is 15.0. The van der Waals surface area contributed by atoms with Crippen LogP contribution in [0.25, 0.3) is 10.9 Å². The number of amides is 1. The second-order valence-corrected chi connectivity index (χ2v) is 7.09. The molecule has 0 bridgehead atoms. The van der Waals surface area contributed by atoms with Gasteiger partial charge in [-0.05, 0) is 24.5 Å². The Bertz CT molecular complexity index is 1060. The largest absolute Gasteiger partial charge is 0.503 e. The van der Waals surface area contributed by atoms with Crippen LogP contribution in [-0.2, 0) is 12.0 Å². The third-order valence-corrected chi connectivity index (χ3v) is 5.47. The molecule has 2 aromatic heterocycles. The number of hydrogen-bond acceptors (Lipinski definition) is 5. The molecule has 1 saturated carbocycles. The number of benzene rings is 1. The fraction of sp³-hybridized carbons (Fsp3) is 0.368. The van der Waals surface area contributed by atoms with Gasteiger partial charge in [-0.15, -0.1) is 0 Å². The van der Waals surface area contributed by atoms with Gasteiger partial charge in [0, 0.05) is 17.8 Å². The molecule has 0 radical (unpaired) electrons. The van der Waals surface area contributed by atoms with E-state index in [4.69, 9.17) is 0 Å². The number of fused-ring (bicyclic) bond motifs is 1. The Balaban J connectivity index is 1.81. The molecule has 27 heavy (non-hydrogen) atoms. The number of carbonyl (C=O) groups is 1. The van der Waals surface area contributed by atoms with Crippen molar-refractivity contribution in [2.24, 2.45) is 0 Å². The van der Waals surface area contributed by atoms with E-state index in [1.165, 1.54) is 23.5 Å². The molecule has 8 heteroatoms. The molecular weight excluding hydrogens is 346 g/mol. The highest BCUT2D eigenvalue weighted by Crippen LogP contribution is 2.44. The number of aromatic nitrogens is 4. The van der Waals surface area contributed by atoms with Gasteiger partial charge in [-0.1, -0.05) is 25.0 Å². The van der Waals surface area contributed by atoms with Crippen LogP contribution in [0.3, 0.4) is 0 Å². The highest BCUT2D eigenvalue weighted by atomic mass is 16.3. The number of nitrogens with one attached hydrogen (secondary N) is 2. The van der Waals surface area contributed by atoms with Gasteiger partial charge >= 0.3 is 0 Å². The summed E-state index contributed by atoms with van der Waals surface area (Å²) in [6.45, 7) is 0.467. The topological polar surface area (TPSA) is 113 Å². The van der Waals surface area contributed by atoms with Crippen molar-refractivity contribution in [3.05, 3.63) is 52.1 Å². The number of hydrogen-bond donors (Lipinski definition) is 3. The summed E-state index contributed by atoms with van der Waals surface area (Å²) < 4.78 is 1.52. The molecule has 1 amide bonds. The van der Waals surface area contributed by atoms with Crippen LogP contribution in [0.1, 0.15) is 41.7 Å². The Labute approximate surface area is 155 Å². The van der Waals surface area contributed by atoms with E-state index >= 15 is 0 Å². The summed E-state index contributed by atoms with van der Waals surface area (Å²) in [7, 11) is 1.43. The minimum atomic E-state index is -0.761. The summed E-state index contributed by atoms with van der Waals surface area (Å²) in [6.07, 6.45) is 7.23. The number of rotatable bonds is 4. The van der Waals surface area contributed by atoms with Crippen molar-refractivity contribution in [2.75, 3.05) is 7.05 Å². The lowest BCUT2D eigenvalue weighted by molar-refractivity contribution is 0.0953. The van der Waals surface area contributed by atoms with Gasteiger partial charge in [0.25, 0.3) is 11.3 Å². The zero-order valence-electron chi connectivity index (χ0n) is 15.0. The van der Waals surface area contributed by atoms with E-state index in [2.05, 4.69) is 26.7 Å². The number of aromatic hydroxyl groups is 1. The lowest BCUT2D eigenvalue weighted by Gasteiger charge is -2.31. The van der Waals surface area contributed by atoms with Gasteiger partial charge < -0.3 is 10.4 Å². The molecule has 1 aliphatic rings. The highest BCUT2D eigenvalue weighted by Gasteiger charge is 2.38. The average Bonchev–Trinajstić information content (AvgIpc) is 3.33. The normalized spacial score (nSPS) is 15.9. The molecule has 8 nitrogen and oxygen atoms in total. The van der Waals surface area contributed by atoms with E-state index in [1.54, 1.807) is 0 Å². The minimum absolute atomic E-state index is 0.197. The average molecular weight is 367 g/mol. The van der Waals surface area contributed by atoms with Gasteiger partial charge in [-0.3, -0.25) is 19.4 Å². The molecule has 1 aromatic carbocycles. The van der Waals surface area contributed by atoms with Gasteiger partial charge in [0.1, 0.15) is 0 Å². The Morgan fingerprint density at radius 1 is 1.37 bits per heavy atom. The van der Waals surface area contributed by atoms with Gasteiger partial charge in [0.05, 0.1) is 24.5 Å². The van der Waals surface area contributed by atoms with E-state index in [0.29, 0.717) is 6.54 Å². The second kappa shape index (κ2) is 6.53. The van der Waals surface area contributed by atoms with Crippen LogP contribution in [0.5, 0.6) is 5.75 Å². The molecule has 140 valence electrons. The van der Waals surface area contributed by atoms with Gasteiger partial charge in [-0.2, -0.15) is 10.2 Å². The van der Waals surface area contributed by atoms with Crippen LogP contribution in [0.4, 0.5) is 0 Å². The molecule has 0 unspecified atom stereocenters. The van der Waals surface area contributed by atoms with Crippen molar-refractivity contribution >= 4 is 16.8 Å². The van der Waals surface area contributed by atoms with Crippen molar-refractivity contribution in [2.45, 2.75) is 37.6 Å². The molecule has 0 saturated heterocycles. The first-order valence-corrected chi connectivity index (χ1v) is 8.99. The van der Waals surface area contributed by atoms with Crippen LogP contribution >= 0.6 is 0 Å². The van der Waals surface area contributed by atoms with Crippen LogP contribution in [0, 0.1) is 0 Å². The third kappa shape index (κ3) is 2.87. The fourth-order valence-electron chi connectivity index (χ4n) is 4.18. The van der Waals surface area contributed by atoms with Crippen LogP contribution in [0.2, 0.25) is 0 Å². The van der Waals surface area contributed by atoms with E-state index in [0.717, 1.165) is 36.6 Å². The Morgan fingerprint density at radius 3 is 2.89 bits per heavy atom. The van der Waals surface area contributed by atoms with E-state index in [9.17, 15) is 14.7 Å². The molecule has 2 heterocycles. The van der Waals surface area contributed by atoms with Crippen molar-refractivity contribution in [1.29, 1.82) is 0 Å². The predicted octanol–water partition coefficient (Wildman–Crippen LogP) is 1.70. The maximum absolute atomic E-state index is 12.0. The van der Waals surface area contributed by atoms with E-state index in [-0.39, 0.29) is 11.1 Å². The first kappa shape index (κ1) is 17.3. The molecule has 0 aliphatic heterocycles. The zero-order chi connectivity index (χ0) is 19.0. The number of nitrogens with zero attached hydrogens (tertiary/aromatic N) is 3. The highest BCUT2D eigenvalue weighted by molar-refractivity contribution is 5.92. The molecule has 4 rings (SSSR count). The number of aromatic amines is 1. The smallest absolute Gasteiger partial charge is 0.275 e. The fourth-order valence-corrected chi connectivity index (χ4v) is 4.18. The minimum Gasteiger partial charge on any atom is -0.503 e. The third-order valence-electron chi connectivity index (χ3n) is 5.47. The molecule has 3 N–H and O–H groups in total. The SMILES string of the molecule is CNC(=O)c1nn(CC2(c3cccc4[nH]ncc34)CCCC2)cc(O)c1=O. The van der Waals surface area contributed by atoms with Crippen LogP contribution in [-0.4, -0.2) is 38.0 Å². The number of H-pyrrole nitrogens is 1. The summed E-state index contributed by atoms with van der Waals surface area (Å²) in [5.74, 6) is -1.08. The lowest BCUT2D eigenvalue weighted by atomic mass is 9.77. The quantitative estimate of drug-likeness (QED) is 0.650. The molecule has 3 aromatic rings. The Kier molecular flexibility index (Phi) is 4.18. The summed E-state index contributed by atoms with van der Waals surface area (Å²) in [4.78, 5) is 24.0. The second-order valence-electron chi connectivity index (χ2n) is 7.09. The molecule has 1 fully saturated rings. The van der Waals surface area contributed by atoms with E-state index in [1.807, 2.05) is 18.3 Å². The molecule has 0 atom stereocenters. The number of carbonyl (C=O) groups excluding carboxylic acids is 1. The van der Waals surface area contributed by atoms with E-state index < -0.39 is 17.1 Å².